The number of anilines is 2. The second-order valence-corrected chi connectivity index (χ2v) is 9.09. The molecule has 1 aromatic carbocycles. The zero-order chi connectivity index (χ0) is 23.1. The van der Waals surface area contributed by atoms with Crippen molar-refractivity contribution in [2.75, 3.05) is 49.1 Å². The number of carbonyl (C=O) groups excluding carboxylic acids is 1. The number of aromatic nitrogens is 3. The molecular formula is C26H27FN6O. The highest BCUT2D eigenvalue weighted by Gasteiger charge is 2.32. The maximum Gasteiger partial charge on any atom is 0.227 e. The van der Waals surface area contributed by atoms with Gasteiger partial charge >= 0.3 is 0 Å². The summed E-state index contributed by atoms with van der Waals surface area (Å²) in [5.74, 6) is 0.811. The number of amides is 1. The van der Waals surface area contributed by atoms with Crippen molar-refractivity contribution in [1.82, 2.24) is 19.3 Å². The number of pyridine rings is 1. The predicted molar refractivity (Wildman–Crippen MR) is 131 cm³/mol. The Labute approximate surface area is 197 Å². The summed E-state index contributed by atoms with van der Waals surface area (Å²) in [6.45, 7) is 4.04. The summed E-state index contributed by atoms with van der Waals surface area (Å²) in [6, 6.07) is 14.9. The Hall–Kier alpha value is -3.68. The second kappa shape index (κ2) is 8.59. The van der Waals surface area contributed by atoms with Gasteiger partial charge in [-0.25, -0.2) is 14.4 Å². The van der Waals surface area contributed by atoms with Gasteiger partial charge in [0.2, 0.25) is 5.91 Å². The zero-order valence-electron chi connectivity index (χ0n) is 19.0. The Balaban J connectivity index is 1.18. The van der Waals surface area contributed by atoms with Crippen molar-refractivity contribution in [3.05, 3.63) is 66.7 Å². The van der Waals surface area contributed by atoms with Gasteiger partial charge in [-0.2, -0.15) is 0 Å². The fourth-order valence-electron chi connectivity index (χ4n) is 5.33. The lowest BCUT2D eigenvalue weighted by Crippen LogP contribution is -2.52. The van der Waals surface area contributed by atoms with Crippen LogP contribution in [0.3, 0.4) is 0 Å². The molecule has 2 aliphatic heterocycles. The van der Waals surface area contributed by atoms with Gasteiger partial charge in [0, 0.05) is 51.7 Å². The third-order valence-corrected chi connectivity index (χ3v) is 7.07. The fraction of sp³-hybridized carbons (Fsp3) is 0.346. The van der Waals surface area contributed by atoms with Crippen LogP contribution in [0.5, 0.6) is 0 Å². The molecule has 1 atom stereocenters. The van der Waals surface area contributed by atoms with Gasteiger partial charge in [0.25, 0.3) is 0 Å². The lowest BCUT2D eigenvalue weighted by Gasteiger charge is -2.40. The Bertz CT molecular complexity index is 1350. The Kier molecular flexibility index (Phi) is 5.28. The van der Waals surface area contributed by atoms with E-state index >= 15 is 0 Å². The van der Waals surface area contributed by atoms with Crippen molar-refractivity contribution in [3.8, 4) is 0 Å². The Morgan fingerprint density at radius 2 is 1.74 bits per heavy atom. The SMILES string of the molecule is O=C([C@@H]1CCCN(c2nc3ncccc3n3cccc23)C1)N1CCN(c2ccccc2F)CC1. The predicted octanol–water partition coefficient (Wildman–Crippen LogP) is 3.59. The molecule has 2 fully saturated rings. The van der Waals surface area contributed by atoms with Gasteiger partial charge in [0.15, 0.2) is 11.5 Å². The minimum atomic E-state index is -0.209. The molecule has 0 N–H and O–H groups in total. The van der Waals surface area contributed by atoms with Crippen molar-refractivity contribution in [1.29, 1.82) is 0 Å². The van der Waals surface area contributed by atoms with Crippen LogP contribution in [-0.2, 0) is 4.79 Å². The highest BCUT2D eigenvalue weighted by Crippen LogP contribution is 2.29. The normalized spacial score (nSPS) is 19.2. The topological polar surface area (TPSA) is 57.0 Å². The van der Waals surface area contributed by atoms with Crippen molar-refractivity contribution >= 4 is 34.1 Å². The van der Waals surface area contributed by atoms with E-state index in [1.807, 2.05) is 40.3 Å². The van der Waals surface area contributed by atoms with Crippen molar-refractivity contribution < 1.29 is 9.18 Å². The third-order valence-electron chi connectivity index (χ3n) is 7.07. The Morgan fingerprint density at radius 1 is 0.912 bits per heavy atom. The number of para-hydroxylation sites is 1. The first-order valence-corrected chi connectivity index (χ1v) is 11.9. The molecule has 0 spiro atoms. The molecular weight excluding hydrogens is 431 g/mol. The number of rotatable bonds is 3. The molecule has 0 unspecified atom stereocenters. The number of carbonyl (C=O) groups is 1. The molecule has 1 amide bonds. The molecule has 0 aliphatic carbocycles. The summed E-state index contributed by atoms with van der Waals surface area (Å²) in [5, 5.41) is 0. The molecule has 5 heterocycles. The number of piperazine rings is 1. The van der Waals surface area contributed by atoms with Gasteiger partial charge in [-0.3, -0.25) is 4.79 Å². The average Bonchev–Trinajstić information content (AvgIpc) is 3.39. The molecule has 0 saturated carbocycles. The monoisotopic (exact) mass is 458 g/mol. The van der Waals surface area contributed by atoms with Crippen LogP contribution < -0.4 is 9.80 Å². The molecule has 0 bridgehead atoms. The number of hydrogen-bond acceptors (Lipinski definition) is 5. The van der Waals surface area contributed by atoms with Crippen LogP contribution in [0.4, 0.5) is 15.9 Å². The maximum absolute atomic E-state index is 14.2. The van der Waals surface area contributed by atoms with Crippen LogP contribution >= 0.6 is 0 Å². The number of piperidine rings is 1. The van der Waals surface area contributed by atoms with Gasteiger partial charge in [-0.15, -0.1) is 0 Å². The molecule has 2 aliphatic rings. The van der Waals surface area contributed by atoms with E-state index in [1.54, 1.807) is 18.3 Å². The smallest absolute Gasteiger partial charge is 0.227 e. The van der Waals surface area contributed by atoms with Crippen molar-refractivity contribution in [2.24, 2.45) is 5.92 Å². The highest BCUT2D eigenvalue weighted by atomic mass is 19.1. The number of hydrogen-bond donors (Lipinski definition) is 0. The van der Waals surface area contributed by atoms with Crippen LogP contribution in [0.15, 0.2) is 60.9 Å². The molecule has 2 saturated heterocycles. The summed E-state index contributed by atoms with van der Waals surface area (Å²) in [4.78, 5) is 29.0. The molecule has 7 nitrogen and oxygen atoms in total. The minimum absolute atomic E-state index is 0.0648. The second-order valence-electron chi connectivity index (χ2n) is 9.09. The van der Waals surface area contributed by atoms with Crippen LogP contribution in [0, 0.1) is 11.7 Å². The van der Waals surface area contributed by atoms with Crippen molar-refractivity contribution in [2.45, 2.75) is 12.8 Å². The number of fused-ring (bicyclic) bond motifs is 3. The van der Waals surface area contributed by atoms with E-state index < -0.39 is 0 Å². The van der Waals surface area contributed by atoms with Gasteiger partial charge in [0.05, 0.1) is 22.6 Å². The molecule has 4 aromatic rings. The fourth-order valence-corrected chi connectivity index (χ4v) is 5.33. The largest absolute Gasteiger partial charge is 0.366 e. The number of nitrogens with zero attached hydrogens (tertiary/aromatic N) is 6. The lowest BCUT2D eigenvalue weighted by atomic mass is 9.96. The summed E-state index contributed by atoms with van der Waals surface area (Å²) >= 11 is 0. The molecule has 3 aromatic heterocycles. The number of halogens is 1. The van der Waals surface area contributed by atoms with Crippen LogP contribution in [-0.4, -0.2) is 64.4 Å². The summed E-state index contributed by atoms with van der Waals surface area (Å²) < 4.78 is 16.3. The van der Waals surface area contributed by atoms with Crippen LogP contribution in [0.1, 0.15) is 12.8 Å². The van der Waals surface area contributed by atoms with Gasteiger partial charge in [-0.05, 0) is 49.2 Å². The van der Waals surface area contributed by atoms with E-state index in [0.717, 1.165) is 36.2 Å². The third kappa shape index (κ3) is 3.63. The van der Waals surface area contributed by atoms with Crippen molar-refractivity contribution in [3.63, 3.8) is 0 Å². The quantitative estimate of drug-likeness (QED) is 0.470. The van der Waals surface area contributed by atoms with E-state index in [0.29, 0.717) is 44.1 Å². The average molecular weight is 459 g/mol. The minimum Gasteiger partial charge on any atom is -0.366 e. The van der Waals surface area contributed by atoms with E-state index in [4.69, 9.17) is 4.98 Å². The zero-order valence-corrected chi connectivity index (χ0v) is 19.0. The van der Waals surface area contributed by atoms with Gasteiger partial charge in [-0.1, -0.05) is 12.1 Å². The lowest BCUT2D eigenvalue weighted by molar-refractivity contribution is -0.136. The van der Waals surface area contributed by atoms with Crippen LogP contribution in [0.2, 0.25) is 0 Å². The van der Waals surface area contributed by atoms with Gasteiger partial charge in [0.1, 0.15) is 5.82 Å². The number of benzene rings is 1. The molecule has 6 rings (SSSR count). The summed E-state index contributed by atoms with van der Waals surface area (Å²) in [7, 11) is 0. The van der Waals surface area contributed by atoms with Crippen LogP contribution in [0.25, 0.3) is 16.7 Å². The standard InChI is InChI=1S/C26H27FN6O/c27-20-7-1-2-8-21(20)30-14-16-31(17-15-30)26(34)19-6-4-12-32(18-19)25-23-10-5-13-33(23)22-9-3-11-28-24(22)29-25/h1-3,5,7-11,13,19H,4,6,12,14-18H2/t19-/m1/s1. The first-order chi connectivity index (χ1) is 16.7. The first kappa shape index (κ1) is 20.9. The van der Waals surface area contributed by atoms with E-state index in [2.05, 4.69) is 20.4 Å². The highest BCUT2D eigenvalue weighted by molar-refractivity contribution is 5.84. The summed E-state index contributed by atoms with van der Waals surface area (Å²) in [6.07, 6.45) is 5.62. The molecule has 174 valence electrons. The Morgan fingerprint density at radius 3 is 2.59 bits per heavy atom. The van der Waals surface area contributed by atoms with Gasteiger partial charge < -0.3 is 19.1 Å². The van der Waals surface area contributed by atoms with E-state index in [9.17, 15) is 9.18 Å². The van der Waals surface area contributed by atoms with E-state index in [-0.39, 0.29) is 17.6 Å². The summed E-state index contributed by atoms with van der Waals surface area (Å²) in [5.41, 5.74) is 3.33. The molecule has 8 heteroatoms. The molecule has 34 heavy (non-hydrogen) atoms. The maximum atomic E-state index is 14.2. The molecule has 0 radical (unpaired) electrons. The first-order valence-electron chi connectivity index (χ1n) is 11.9. The van der Waals surface area contributed by atoms with E-state index in [1.165, 1.54) is 6.07 Å².